The number of thioether (sulfide) groups is 1. The number of anilines is 1. The second-order valence-corrected chi connectivity index (χ2v) is 4.93. The molecule has 1 heterocycles. The summed E-state index contributed by atoms with van der Waals surface area (Å²) in [7, 11) is 0. The van der Waals surface area contributed by atoms with Gasteiger partial charge in [-0.15, -0.1) is 11.8 Å². The molecule has 15 heavy (non-hydrogen) atoms. The van der Waals surface area contributed by atoms with Gasteiger partial charge in [0.05, 0.1) is 12.0 Å². The lowest BCUT2D eigenvalue weighted by Gasteiger charge is -2.03. The van der Waals surface area contributed by atoms with Gasteiger partial charge in [0.25, 0.3) is 0 Å². The fourth-order valence-corrected chi connectivity index (χ4v) is 2.74. The van der Waals surface area contributed by atoms with E-state index < -0.39 is 0 Å². The molecule has 2 N–H and O–H groups in total. The van der Waals surface area contributed by atoms with E-state index in [0.29, 0.717) is 0 Å². The summed E-state index contributed by atoms with van der Waals surface area (Å²) < 4.78 is 6.28. The predicted octanol–water partition coefficient (Wildman–Crippen LogP) is 3.92. The Hall–Kier alpha value is -0.870. The van der Waals surface area contributed by atoms with Crippen LogP contribution in [0.3, 0.4) is 0 Å². The third-order valence-corrected chi connectivity index (χ3v) is 3.92. The van der Waals surface area contributed by atoms with Crippen LogP contribution in [0.5, 0.6) is 0 Å². The molecular formula is C11H10BrNOS. The van der Waals surface area contributed by atoms with Crippen LogP contribution in [0, 0.1) is 0 Å². The molecule has 0 saturated heterocycles. The van der Waals surface area contributed by atoms with E-state index in [4.69, 9.17) is 10.2 Å². The number of benzene rings is 1. The summed E-state index contributed by atoms with van der Waals surface area (Å²) in [5.41, 5.74) is 6.43. The summed E-state index contributed by atoms with van der Waals surface area (Å²) in [5.74, 6) is 1.80. The van der Waals surface area contributed by atoms with Crippen molar-refractivity contribution in [2.24, 2.45) is 0 Å². The van der Waals surface area contributed by atoms with Gasteiger partial charge < -0.3 is 10.2 Å². The number of furan rings is 1. The van der Waals surface area contributed by atoms with E-state index >= 15 is 0 Å². The van der Waals surface area contributed by atoms with Gasteiger partial charge in [-0.25, -0.2) is 0 Å². The smallest absolute Gasteiger partial charge is 0.113 e. The van der Waals surface area contributed by atoms with E-state index in [1.807, 2.05) is 30.3 Å². The summed E-state index contributed by atoms with van der Waals surface area (Å²) >= 11 is 5.20. The van der Waals surface area contributed by atoms with Crippen molar-refractivity contribution in [1.29, 1.82) is 0 Å². The zero-order chi connectivity index (χ0) is 10.7. The molecule has 0 fully saturated rings. The number of halogens is 1. The lowest BCUT2D eigenvalue weighted by molar-refractivity contribution is 0.530. The monoisotopic (exact) mass is 283 g/mol. The molecule has 0 atom stereocenters. The van der Waals surface area contributed by atoms with Gasteiger partial charge in [0.15, 0.2) is 0 Å². The van der Waals surface area contributed by atoms with Gasteiger partial charge in [0.2, 0.25) is 0 Å². The van der Waals surface area contributed by atoms with Crippen molar-refractivity contribution in [2.75, 3.05) is 5.73 Å². The molecule has 0 aliphatic rings. The van der Waals surface area contributed by atoms with Gasteiger partial charge in [-0.3, -0.25) is 0 Å². The minimum atomic E-state index is 0.768. The first kappa shape index (κ1) is 10.6. The molecular weight excluding hydrogens is 274 g/mol. The average molecular weight is 284 g/mol. The molecule has 0 aliphatic carbocycles. The maximum absolute atomic E-state index is 5.66. The highest BCUT2D eigenvalue weighted by Crippen LogP contribution is 2.31. The highest BCUT2D eigenvalue weighted by Gasteiger charge is 2.02. The standard InChI is InChI=1S/C11H10BrNOS/c12-10-6-8(13)3-4-11(10)15-7-9-2-1-5-14-9/h1-6H,7,13H2. The Bertz CT molecular complexity index is 442. The summed E-state index contributed by atoms with van der Waals surface area (Å²) in [6.45, 7) is 0. The van der Waals surface area contributed by atoms with Gasteiger partial charge in [-0.1, -0.05) is 0 Å². The maximum Gasteiger partial charge on any atom is 0.113 e. The van der Waals surface area contributed by atoms with E-state index in [0.717, 1.165) is 21.7 Å². The number of rotatable bonds is 3. The summed E-state index contributed by atoms with van der Waals surface area (Å²) in [6, 6.07) is 9.68. The van der Waals surface area contributed by atoms with Crippen LogP contribution in [0.1, 0.15) is 5.76 Å². The minimum Gasteiger partial charge on any atom is -0.468 e. The van der Waals surface area contributed by atoms with E-state index in [2.05, 4.69) is 15.9 Å². The Labute approximate surface area is 101 Å². The molecule has 0 spiro atoms. The van der Waals surface area contributed by atoms with Crippen LogP contribution in [-0.2, 0) is 5.75 Å². The van der Waals surface area contributed by atoms with Crippen molar-refractivity contribution in [3.8, 4) is 0 Å². The lowest BCUT2D eigenvalue weighted by Crippen LogP contribution is -1.85. The van der Waals surface area contributed by atoms with Gasteiger partial charge in [0.1, 0.15) is 5.76 Å². The topological polar surface area (TPSA) is 39.2 Å². The molecule has 0 unspecified atom stereocenters. The Kier molecular flexibility index (Phi) is 3.38. The van der Waals surface area contributed by atoms with Crippen LogP contribution in [-0.4, -0.2) is 0 Å². The Balaban J connectivity index is 2.05. The third kappa shape index (κ3) is 2.79. The zero-order valence-corrected chi connectivity index (χ0v) is 10.3. The highest BCUT2D eigenvalue weighted by atomic mass is 79.9. The van der Waals surface area contributed by atoms with Crippen LogP contribution in [0.25, 0.3) is 0 Å². The van der Waals surface area contributed by atoms with Gasteiger partial charge in [0, 0.05) is 15.1 Å². The van der Waals surface area contributed by atoms with Crippen LogP contribution in [0.4, 0.5) is 5.69 Å². The Morgan fingerprint density at radius 1 is 1.33 bits per heavy atom. The first-order valence-electron chi connectivity index (χ1n) is 4.46. The molecule has 0 amide bonds. The SMILES string of the molecule is Nc1ccc(SCc2ccco2)c(Br)c1. The molecule has 2 aromatic rings. The van der Waals surface area contributed by atoms with Gasteiger partial charge >= 0.3 is 0 Å². The Morgan fingerprint density at radius 2 is 2.20 bits per heavy atom. The van der Waals surface area contributed by atoms with Crippen LogP contribution in [0.15, 0.2) is 50.4 Å². The summed E-state index contributed by atoms with van der Waals surface area (Å²) in [6.07, 6.45) is 1.69. The molecule has 0 aliphatic heterocycles. The van der Waals surface area contributed by atoms with Gasteiger partial charge in [-0.2, -0.15) is 0 Å². The van der Waals surface area contributed by atoms with Crippen LogP contribution in [0.2, 0.25) is 0 Å². The second kappa shape index (κ2) is 4.77. The number of nitrogen functional groups attached to an aromatic ring is 1. The number of nitrogens with two attached hydrogens (primary N) is 1. The first-order chi connectivity index (χ1) is 7.25. The van der Waals surface area contributed by atoms with E-state index in [-0.39, 0.29) is 0 Å². The Morgan fingerprint density at radius 3 is 2.87 bits per heavy atom. The van der Waals surface area contributed by atoms with Gasteiger partial charge in [-0.05, 0) is 46.3 Å². The highest BCUT2D eigenvalue weighted by molar-refractivity contribution is 9.10. The van der Waals surface area contributed by atoms with E-state index in [9.17, 15) is 0 Å². The molecule has 78 valence electrons. The normalized spacial score (nSPS) is 10.5. The molecule has 4 heteroatoms. The predicted molar refractivity (Wildman–Crippen MR) is 66.8 cm³/mol. The largest absolute Gasteiger partial charge is 0.468 e. The fourth-order valence-electron chi connectivity index (χ4n) is 1.18. The summed E-state index contributed by atoms with van der Waals surface area (Å²) in [5, 5.41) is 0. The zero-order valence-electron chi connectivity index (χ0n) is 7.94. The van der Waals surface area contributed by atoms with Crippen LogP contribution >= 0.6 is 27.7 Å². The molecule has 0 saturated carbocycles. The quantitative estimate of drug-likeness (QED) is 0.686. The molecule has 0 bridgehead atoms. The first-order valence-corrected chi connectivity index (χ1v) is 6.24. The van der Waals surface area contributed by atoms with Crippen molar-refractivity contribution in [3.63, 3.8) is 0 Å². The fraction of sp³-hybridized carbons (Fsp3) is 0.0909. The lowest BCUT2D eigenvalue weighted by atomic mass is 10.3. The van der Waals surface area contributed by atoms with E-state index in [1.54, 1.807) is 18.0 Å². The molecule has 1 aromatic carbocycles. The number of hydrogen-bond donors (Lipinski definition) is 1. The molecule has 1 aromatic heterocycles. The third-order valence-electron chi connectivity index (χ3n) is 1.91. The second-order valence-electron chi connectivity index (χ2n) is 3.06. The molecule has 2 rings (SSSR count). The van der Waals surface area contributed by atoms with Crippen LogP contribution < -0.4 is 5.73 Å². The molecule has 2 nitrogen and oxygen atoms in total. The van der Waals surface area contributed by atoms with Crippen molar-refractivity contribution < 1.29 is 4.42 Å². The summed E-state index contributed by atoms with van der Waals surface area (Å²) in [4.78, 5) is 1.17. The van der Waals surface area contributed by atoms with E-state index in [1.165, 1.54) is 4.90 Å². The average Bonchev–Trinajstić information content (AvgIpc) is 2.69. The van der Waals surface area contributed by atoms with Crippen molar-refractivity contribution in [1.82, 2.24) is 0 Å². The maximum atomic E-state index is 5.66. The number of hydrogen-bond acceptors (Lipinski definition) is 3. The van der Waals surface area contributed by atoms with Crippen molar-refractivity contribution in [3.05, 3.63) is 46.8 Å². The minimum absolute atomic E-state index is 0.768. The van der Waals surface area contributed by atoms with Crippen molar-refractivity contribution in [2.45, 2.75) is 10.6 Å². The molecule has 0 radical (unpaired) electrons. The van der Waals surface area contributed by atoms with Crippen molar-refractivity contribution >= 4 is 33.4 Å².